The van der Waals surface area contributed by atoms with Crippen molar-refractivity contribution in [3.05, 3.63) is 71.3 Å². The molecular formula is C29H37N3O4. The molecule has 7 heteroatoms. The second-order valence-corrected chi connectivity index (χ2v) is 10.4. The Hall–Kier alpha value is -3.19. The van der Waals surface area contributed by atoms with Gasteiger partial charge in [0, 0.05) is 37.9 Å². The minimum atomic E-state index is -0.911. The van der Waals surface area contributed by atoms with E-state index in [4.69, 9.17) is 4.74 Å². The van der Waals surface area contributed by atoms with Crippen molar-refractivity contribution in [1.29, 1.82) is 0 Å². The number of hydrogen-bond donors (Lipinski definition) is 1. The van der Waals surface area contributed by atoms with E-state index in [0.29, 0.717) is 37.9 Å². The third kappa shape index (κ3) is 5.31. The van der Waals surface area contributed by atoms with Crippen LogP contribution in [0.1, 0.15) is 67.6 Å². The van der Waals surface area contributed by atoms with Crippen LogP contribution in [0.3, 0.4) is 0 Å². The molecule has 2 unspecified atom stereocenters. The van der Waals surface area contributed by atoms with Crippen molar-refractivity contribution < 1.29 is 19.1 Å². The van der Waals surface area contributed by atoms with Crippen LogP contribution in [-0.2, 0) is 14.3 Å². The number of likely N-dealkylation sites (tertiary alicyclic amines) is 1. The molecule has 2 atom stereocenters. The summed E-state index contributed by atoms with van der Waals surface area (Å²) in [5, 5.41) is 3.08. The molecule has 4 rings (SSSR count). The molecule has 2 aliphatic rings. The second kappa shape index (κ2) is 10.8. The van der Waals surface area contributed by atoms with Crippen molar-refractivity contribution in [1.82, 2.24) is 15.1 Å². The maximum atomic E-state index is 14.0. The van der Waals surface area contributed by atoms with Crippen molar-refractivity contribution >= 4 is 17.7 Å². The van der Waals surface area contributed by atoms with E-state index in [2.05, 4.69) is 5.32 Å². The third-order valence-corrected chi connectivity index (χ3v) is 7.30. The molecule has 2 saturated heterocycles. The van der Waals surface area contributed by atoms with E-state index in [0.717, 1.165) is 11.1 Å². The Labute approximate surface area is 213 Å². The molecule has 2 aliphatic heterocycles. The predicted molar refractivity (Wildman–Crippen MR) is 138 cm³/mol. The lowest BCUT2D eigenvalue weighted by Gasteiger charge is -2.44. The molecule has 0 saturated carbocycles. The van der Waals surface area contributed by atoms with Gasteiger partial charge in [0.15, 0.2) is 0 Å². The lowest BCUT2D eigenvalue weighted by atomic mass is 9.95. The number of hydrogen-bond acceptors (Lipinski definition) is 4. The van der Waals surface area contributed by atoms with Crippen LogP contribution in [0.5, 0.6) is 0 Å². The highest BCUT2D eigenvalue weighted by molar-refractivity contribution is 5.99. The second-order valence-electron chi connectivity index (χ2n) is 10.4. The summed E-state index contributed by atoms with van der Waals surface area (Å²) < 4.78 is 6.31. The molecule has 0 aliphatic carbocycles. The van der Waals surface area contributed by atoms with Crippen LogP contribution in [-0.4, -0.2) is 59.0 Å². The zero-order valence-corrected chi connectivity index (χ0v) is 21.7. The first-order valence-electron chi connectivity index (χ1n) is 12.9. The van der Waals surface area contributed by atoms with Crippen LogP contribution in [0.25, 0.3) is 0 Å². The fourth-order valence-corrected chi connectivity index (χ4v) is 5.23. The van der Waals surface area contributed by atoms with Gasteiger partial charge in [-0.2, -0.15) is 0 Å². The number of nitrogens with zero attached hydrogens (tertiary/aromatic N) is 2. The molecule has 2 aromatic rings. The summed E-state index contributed by atoms with van der Waals surface area (Å²) >= 11 is 0. The van der Waals surface area contributed by atoms with E-state index < -0.39 is 11.8 Å². The summed E-state index contributed by atoms with van der Waals surface area (Å²) in [6.45, 7) is 9.03. The topological polar surface area (TPSA) is 79.0 Å². The average molecular weight is 492 g/mol. The molecule has 2 fully saturated rings. The number of carbonyl (C=O) groups is 3. The number of amides is 3. The Balaban J connectivity index is 1.58. The molecule has 1 spiro atoms. The van der Waals surface area contributed by atoms with E-state index >= 15 is 0 Å². The lowest BCUT2D eigenvalue weighted by Crippen LogP contribution is -2.60. The number of rotatable bonds is 6. The average Bonchev–Trinajstić information content (AvgIpc) is 3.23. The van der Waals surface area contributed by atoms with Gasteiger partial charge in [-0.25, -0.2) is 0 Å². The Kier molecular flexibility index (Phi) is 7.79. The smallest absolute Gasteiger partial charge is 0.257 e. The lowest BCUT2D eigenvalue weighted by molar-refractivity contribution is -0.144. The SMILES string of the molecule is Cc1ccccc1C(=O)N1C(C(=O)NC(C)c2ccccc2)COC12CCN(C(=O)CC(C)C)CC2. The standard InChI is InChI=1S/C29H37N3O4/c1-20(2)18-26(33)31-16-14-29(15-17-31)32(28(35)24-13-9-8-10-21(24)3)25(19-36-29)27(34)30-22(4)23-11-6-5-7-12-23/h5-13,20,22,25H,14-19H2,1-4H3,(H,30,34). The molecule has 7 nitrogen and oxygen atoms in total. The first-order chi connectivity index (χ1) is 17.2. The van der Waals surface area contributed by atoms with Gasteiger partial charge in [-0.05, 0) is 37.0 Å². The molecular weight excluding hydrogens is 454 g/mol. The first kappa shape index (κ1) is 25.9. The highest BCUT2D eigenvalue weighted by Crippen LogP contribution is 2.39. The van der Waals surface area contributed by atoms with E-state index in [1.165, 1.54) is 0 Å². The van der Waals surface area contributed by atoms with E-state index in [9.17, 15) is 14.4 Å². The van der Waals surface area contributed by atoms with Gasteiger partial charge in [0.2, 0.25) is 11.8 Å². The predicted octanol–water partition coefficient (Wildman–Crippen LogP) is 4.08. The van der Waals surface area contributed by atoms with Gasteiger partial charge in [0.1, 0.15) is 11.8 Å². The highest BCUT2D eigenvalue weighted by Gasteiger charge is 2.54. The fourth-order valence-electron chi connectivity index (χ4n) is 5.23. The maximum Gasteiger partial charge on any atom is 0.257 e. The summed E-state index contributed by atoms with van der Waals surface area (Å²) in [7, 11) is 0. The Bertz CT molecular complexity index is 1090. The number of ether oxygens (including phenoxy) is 1. The maximum absolute atomic E-state index is 14.0. The van der Waals surface area contributed by atoms with Crippen LogP contribution in [0.4, 0.5) is 0 Å². The number of carbonyl (C=O) groups excluding carboxylic acids is 3. The summed E-state index contributed by atoms with van der Waals surface area (Å²) in [5.41, 5.74) is 1.50. The first-order valence-corrected chi connectivity index (χ1v) is 12.9. The molecule has 0 bridgehead atoms. The van der Waals surface area contributed by atoms with Crippen molar-refractivity contribution in [2.24, 2.45) is 5.92 Å². The minimum absolute atomic E-state index is 0.126. The van der Waals surface area contributed by atoms with Crippen LogP contribution < -0.4 is 5.32 Å². The zero-order chi connectivity index (χ0) is 25.9. The molecule has 2 aromatic carbocycles. The largest absolute Gasteiger partial charge is 0.353 e. The van der Waals surface area contributed by atoms with Gasteiger partial charge >= 0.3 is 0 Å². The monoisotopic (exact) mass is 491 g/mol. The Morgan fingerprint density at radius 3 is 2.28 bits per heavy atom. The summed E-state index contributed by atoms with van der Waals surface area (Å²) in [4.78, 5) is 43.7. The van der Waals surface area contributed by atoms with Crippen molar-refractivity contribution in [3.8, 4) is 0 Å². The van der Waals surface area contributed by atoms with E-state index in [-0.39, 0.29) is 36.3 Å². The normalized spacial score (nSPS) is 20.0. The van der Waals surface area contributed by atoms with Crippen molar-refractivity contribution in [2.75, 3.05) is 19.7 Å². The zero-order valence-electron chi connectivity index (χ0n) is 21.7. The van der Waals surface area contributed by atoms with Gasteiger partial charge in [0.25, 0.3) is 5.91 Å². The van der Waals surface area contributed by atoms with Crippen molar-refractivity contribution in [2.45, 2.75) is 64.8 Å². The van der Waals surface area contributed by atoms with Crippen LogP contribution >= 0.6 is 0 Å². The summed E-state index contributed by atoms with van der Waals surface area (Å²) in [6.07, 6.45) is 1.46. The Morgan fingerprint density at radius 1 is 1.00 bits per heavy atom. The number of benzene rings is 2. The molecule has 0 radical (unpaired) electrons. The molecule has 3 amide bonds. The van der Waals surface area contributed by atoms with Gasteiger partial charge in [-0.3, -0.25) is 19.3 Å². The number of nitrogens with one attached hydrogen (secondary N) is 1. The molecule has 36 heavy (non-hydrogen) atoms. The molecule has 2 heterocycles. The van der Waals surface area contributed by atoms with Gasteiger partial charge in [-0.1, -0.05) is 62.4 Å². The highest BCUT2D eigenvalue weighted by atomic mass is 16.5. The van der Waals surface area contributed by atoms with Crippen LogP contribution in [0.15, 0.2) is 54.6 Å². The summed E-state index contributed by atoms with van der Waals surface area (Å²) in [5.74, 6) is -0.0286. The van der Waals surface area contributed by atoms with Crippen molar-refractivity contribution in [3.63, 3.8) is 0 Å². The molecule has 192 valence electrons. The van der Waals surface area contributed by atoms with Gasteiger partial charge in [0.05, 0.1) is 12.6 Å². The molecule has 1 N–H and O–H groups in total. The minimum Gasteiger partial charge on any atom is -0.353 e. The number of piperidine rings is 1. The quantitative estimate of drug-likeness (QED) is 0.661. The third-order valence-electron chi connectivity index (χ3n) is 7.30. The fraction of sp³-hybridized carbons (Fsp3) is 0.483. The van der Waals surface area contributed by atoms with E-state index in [1.54, 1.807) is 11.0 Å². The molecule has 0 aromatic heterocycles. The van der Waals surface area contributed by atoms with Gasteiger partial charge < -0.3 is 15.0 Å². The summed E-state index contributed by atoms with van der Waals surface area (Å²) in [6, 6.07) is 16.2. The van der Waals surface area contributed by atoms with E-state index in [1.807, 2.05) is 81.1 Å². The van der Waals surface area contributed by atoms with Gasteiger partial charge in [-0.15, -0.1) is 0 Å². The Morgan fingerprint density at radius 2 is 1.64 bits per heavy atom. The number of aryl methyl sites for hydroxylation is 1. The van der Waals surface area contributed by atoms with Crippen LogP contribution in [0, 0.1) is 12.8 Å². The van der Waals surface area contributed by atoms with Crippen LogP contribution in [0.2, 0.25) is 0 Å².